The maximum atomic E-state index is 11.4. The van der Waals surface area contributed by atoms with Crippen LogP contribution in [-0.2, 0) is 28.6 Å². The highest BCUT2D eigenvalue weighted by Gasteiger charge is 2.16. The summed E-state index contributed by atoms with van der Waals surface area (Å²) in [5.41, 5.74) is 2.23. The van der Waals surface area contributed by atoms with Crippen LogP contribution in [-0.4, -0.2) is 24.0 Å². The van der Waals surface area contributed by atoms with Crippen LogP contribution in [0.15, 0.2) is 47.5 Å². The van der Waals surface area contributed by atoms with Crippen molar-refractivity contribution in [2.45, 2.75) is 54.1 Å². The summed E-state index contributed by atoms with van der Waals surface area (Å²) in [5.74, 6) is 4.35. The number of carbonyl (C=O) groups is 3. The van der Waals surface area contributed by atoms with Crippen LogP contribution in [0.4, 0.5) is 0 Å². The molecule has 0 heterocycles. The number of rotatable bonds is 7. The van der Waals surface area contributed by atoms with Gasteiger partial charge in [0.2, 0.25) is 0 Å². The molecular weight excluding hydrogens is 351 g/mol. The molecule has 146 valence electrons. The summed E-state index contributed by atoms with van der Waals surface area (Å²) in [6, 6.07) is 0. The Morgan fingerprint density at radius 2 is 1.56 bits per heavy atom. The number of hydrogen-bond donors (Lipinski definition) is 0. The van der Waals surface area contributed by atoms with E-state index in [0.717, 1.165) is 23.7 Å². The zero-order chi connectivity index (χ0) is 20.8. The van der Waals surface area contributed by atoms with E-state index in [1.807, 2.05) is 20.8 Å². The van der Waals surface area contributed by atoms with E-state index < -0.39 is 24.0 Å². The number of hydrogen-bond acceptors (Lipinski definition) is 6. The molecule has 0 saturated carbocycles. The monoisotopic (exact) mass is 377 g/mol. The van der Waals surface area contributed by atoms with Gasteiger partial charge in [0, 0.05) is 32.8 Å². The summed E-state index contributed by atoms with van der Waals surface area (Å²) >= 11 is 0. The Morgan fingerprint density at radius 3 is 2.07 bits per heavy atom. The molecule has 0 fully saturated rings. The molecule has 27 heavy (non-hydrogen) atoms. The van der Waals surface area contributed by atoms with E-state index in [1.54, 1.807) is 12.2 Å². The van der Waals surface area contributed by atoms with Crippen LogP contribution >= 0.6 is 0 Å². The normalized spacial score (nSPS) is 12.5. The van der Waals surface area contributed by atoms with Gasteiger partial charge >= 0.3 is 17.9 Å². The first-order valence-corrected chi connectivity index (χ1v) is 8.31. The van der Waals surface area contributed by atoms with Crippen LogP contribution in [0.2, 0.25) is 0 Å². The number of carbonyl (C=O) groups excluding carboxylic acids is 3. The van der Waals surface area contributed by atoms with Gasteiger partial charge in [0.1, 0.15) is 12.4 Å². The predicted molar refractivity (Wildman–Crippen MR) is 102 cm³/mol. The summed E-state index contributed by atoms with van der Waals surface area (Å²) < 4.78 is 14.9. The van der Waals surface area contributed by atoms with Crippen molar-refractivity contribution in [3.8, 4) is 11.8 Å². The maximum absolute atomic E-state index is 11.4. The average Bonchev–Trinajstić information content (AvgIpc) is 2.53. The first-order chi connectivity index (χ1) is 12.6. The Kier molecular flexibility index (Phi) is 11.7. The lowest BCUT2D eigenvalue weighted by atomic mass is 10.1. The minimum Gasteiger partial charge on any atom is -0.457 e. The molecule has 0 aromatic heterocycles. The second-order valence-corrected chi connectivity index (χ2v) is 5.85. The third kappa shape index (κ3) is 13.9. The highest BCUT2D eigenvalue weighted by molar-refractivity contribution is 5.68. The number of esters is 3. The Hall–Kier alpha value is -3.07. The summed E-state index contributed by atoms with van der Waals surface area (Å²) in [4.78, 5) is 33.5. The van der Waals surface area contributed by atoms with E-state index in [1.165, 1.54) is 26.8 Å². The summed E-state index contributed by atoms with van der Waals surface area (Å²) in [6.45, 7) is 9.50. The molecule has 0 radical (unpaired) electrons. The van der Waals surface area contributed by atoms with Crippen LogP contribution in [0.5, 0.6) is 0 Å². The number of ether oxygens (including phenoxy) is 3. The Morgan fingerprint density at radius 1 is 0.926 bits per heavy atom. The van der Waals surface area contributed by atoms with Crippen molar-refractivity contribution in [1.82, 2.24) is 0 Å². The lowest BCUT2D eigenvalue weighted by Gasteiger charge is -2.16. The van der Waals surface area contributed by atoms with Crippen LogP contribution in [0.1, 0.15) is 48.0 Å². The quantitative estimate of drug-likeness (QED) is 0.168. The van der Waals surface area contributed by atoms with E-state index in [2.05, 4.69) is 11.8 Å². The smallest absolute Gasteiger partial charge is 0.307 e. The minimum atomic E-state index is -0.742. The van der Waals surface area contributed by atoms with Crippen molar-refractivity contribution in [2.75, 3.05) is 0 Å². The van der Waals surface area contributed by atoms with Gasteiger partial charge in [-0.1, -0.05) is 23.5 Å². The van der Waals surface area contributed by atoms with E-state index in [4.69, 9.17) is 14.2 Å². The van der Waals surface area contributed by atoms with Gasteiger partial charge in [-0.05, 0) is 38.5 Å². The molecule has 0 aliphatic heterocycles. The third-order valence-corrected chi connectivity index (χ3v) is 2.80. The van der Waals surface area contributed by atoms with Gasteiger partial charge in [0.05, 0.1) is 6.26 Å². The molecule has 0 aromatic rings. The van der Waals surface area contributed by atoms with Crippen LogP contribution in [0, 0.1) is 11.8 Å². The van der Waals surface area contributed by atoms with Crippen molar-refractivity contribution < 1.29 is 28.6 Å². The molecule has 0 N–H and O–H groups in total. The molecule has 0 spiro atoms. The molecule has 1 atom stereocenters. The van der Waals surface area contributed by atoms with Gasteiger partial charge in [-0.15, -0.1) is 0 Å². The van der Waals surface area contributed by atoms with Crippen molar-refractivity contribution in [3.05, 3.63) is 47.5 Å². The van der Waals surface area contributed by atoms with E-state index in [0.29, 0.717) is 12.0 Å². The van der Waals surface area contributed by atoms with Gasteiger partial charge in [-0.25, -0.2) is 0 Å². The fraction of sp³-hybridized carbons (Fsp3) is 0.381. The molecule has 0 aromatic carbocycles. The molecule has 6 nitrogen and oxygen atoms in total. The Bertz CT molecular complexity index is 722. The fourth-order valence-corrected chi connectivity index (χ4v) is 1.66. The fourth-order valence-electron chi connectivity index (χ4n) is 1.66. The predicted octanol–water partition coefficient (Wildman–Crippen LogP) is 3.75. The van der Waals surface area contributed by atoms with Crippen LogP contribution in [0.3, 0.4) is 0 Å². The Labute approximate surface area is 160 Å². The second-order valence-electron chi connectivity index (χ2n) is 5.85. The van der Waals surface area contributed by atoms with E-state index >= 15 is 0 Å². The van der Waals surface area contributed by atoms with E-state index in [-0.39, 0.29) is 0 Å². The molecule has 6 heteroatoms. The molecule has 0 unspecified atom stereocenters. The van der Waals surface area contributed by atoms with Gasteiger partial charge in [-0.3, -0.25) is 14.4 Å². The SMILES string of the molecule is CC(C)=CC#C/C(C)=C/C[C@H](O[13C](C)=O)C(=C\O[13C](C)=O)/C=C/O[13C](C)=O. The van der Waals surface area contributed by atoms with Crippen molar-refractivity contribution in [3.63, 3.8) is 0 Å². The molecule has 0 saturated heterocycles. The van der Waals surface area contributed by atoms with E-state index in [9.17, 15) is 14.4 Å². The minimum absolute atomic E-state index is 0.298. The molecule has 0 aliphatic carbocycles. The zero-order valence-corrected chi connectivity index (χ0v) is 16.6. The summed E-state index contributed by atoms with van der Waals surface area (Å²) in [7, 11) is 0. The highest BCUT2D eigenvalue weighted by atomic mass is 16.6. The van der Waals surface area contributed by atoms with Crippen LogP contribution in [0.25, 0.3) is 0 Å². The first-order valence-electron chi connectivity index (χ1n) is 8.31. The molecule has 0 aliphatic rings. The van der Waals surface area contributed by atoms with Crippen molar-refractivity contribution >= 4 is 17.9 Å². The summed E-state index contributed by atoms with van der Waals surface area (Å²) in [5, 5.41) is 0. The standard InChI is InChI=1S/C21H26O6/c1-15(2)8-7-9-16(3)10-11-21(27-19(6)24)20(14-26-18(5)23)12-13-25-17(4)22/h8,10,12-14,21H,11H2,1-6H3/b13-12+,16-10+,20-14-/t21-/m0/s1/i17+1,18+1,19+1. The molecular formula is C21H26O6. The lowest BCUT2D eigenvalue weighted by molar-refractivity contribution is -0.144. The highest BCUT2D eigenvalue weighted by Crippen LogP contribution is 2.16. The zero-order valence-electron chi connectivity index (χ0n) is 16.6. The molecule has 0 rings (SSSR count). The number of allylic oxidation sites excluding steroid dienone is 3. The third-order valence-electron chi connectivity index (χ3n) is 2.80. The molecule has 0 bridgehead atoms. The van der Waals surface area contributed by atoms with Gasteiger partial charge in [-0.2, -0.15) is 0 Å². The second kappa shape index (κ2) is 13.2. The topological polar surface area (TPSA) is 78.9 Å². The van der Waals surface area contributed by atoms with Gasteiger partial charge in [0.25, 0.3) is 0 Å². The van der Waals surface area contributed by atoms with Crippen molar-refractivity contribution in [2.24, 2.45) is 0 Å². The largest absolute Gasteiger partial charge is 0.457 e. The Balaban J connectivity index is 5.54. The first kappa shape index (κ1) is 23.9. The average molecular weight is 377 g/mol. The van der Waals surface area contributed by atoms with Crippen LogP contribution < -0.4 is 0 Å². The van der Waals surface area contributed by atoms with Gasteiger partial charge in [0.15, 0.2) is 0 Å². The maximum Gasteiger partial charge on any atom is 0.307 e. The molecule has 0 amide bonds. The lowest BCUT2D eigenvalue weighted by Crippen LogP contribution is -2.18. The van der Waals surface area contributed by atoms with Crippen molar-refractivity contribution in [1.29, 1.82) is 0 Å². The van der Waals surface area contributed by atoms with Gasteiger partial charge < -0.3 is 14.2 Å². The summed E-state index contributed by atoms with van der Waals surface area (Å²) in [6.07, 6.45) is 6.86.